The summed E-state index contributed by atoms with van der Waals surface area (Å²) in [4.78, 5) is 0. The van der Waals surface area contributed by atoms with Gasteiger partial charge in [-0.2, -0.15) is 0 Å². The molecule has 0 aliphatic rings. The van der Waals surface area contributed by atoms with Crippen LogP contribution in [0.15, 0.2) is 18.2 Å². The molecule has 96 valence electrons. The van der Waals surface area contributed by atoms with Crippen LogP contribution in [0, 0.1) is 0 Å². The van der Waals surface area contributed by atoms with Crippen LogP contribution in [-0.4, -0.2) is 20.8 Å². The molecule has 3 nitrogen and oxygen atoms in total. The zero-order valence-electron chi connectivity index (χ0n) is 11.1. The van der Waals surface area contributed by atoms with E-state index in [1.54, 1.807) is 14.2 Å². The zero-order chi connectivity index (χ0) is 12.5. The molecule has 0 saturated carbocycles. The van der Waals surface area contributed by atoms with Gasteiger partial charge in [0.15, 0.2) is 11.5 Å². The average Bonchev–Trinajstić information content (AvgIpc) is 2.38. The molecule has 0 spiro atoms. The van der Waals surface area contributed by atoms with Crippen molar-refractivity contribution in [2.24, 2.45) is 0 Å². The second-order valence-electron chi connectivity index (χ2n) is 4.04. The van der Waals surface area contributed by atoms with Gasteiger partial charge in [0.05, 0.1) is 14.2 Å². The van der Waals surface area contributed by atoms with E-state index in [0.29, 0.717) is 0 Å². The van der Waals surface area contributed by atoms with Gasteiger partial charge in [0.2, 0.25) is 0 Å². The van der Waals surface area contributed by atoms with E-state index in [1.165, 1.54) is 19.3 Å². The molecule has 0 amide bonds. The zero-order valence-corrected chi connectivity index (χ0v) is 11.1. The molecule has 0 saturated heterocycles. The van der Waals surface area contributed by atoms with Crippen molar-refractivity contribution in [1.82, 2.24) is 5.32 Å². The molecule has 0 fully saturated rings. The van der Waals surface area contributed by atoms with Crippen LogP contribution in [0.2, 0.25) is 0 Å². The summed E-state index contributed by atoms with van der Waals surface area (Å²) in [5, 5.41) is 3.43. The number of hydrogen-bond acceptors (Lipinski definition) is 3. The Labute approximate surface area is 104 Å². The van der Waals surface area contributed by atoms with Crippen molar-refractivity contribution in [3.05, 3.63) is 23.8 Å². The largest absolute Gasteiger partial charge is 0.493 e. The lowest BCUT2D eigenvalue weighted by molar-refractivity contribution is 0.350. The Hall–Kier alpha value is -1.22. The molecule has 3 heteroatoms. The van der Waals surface area contributed by atoms with Crippen LogP contribution in [0.4, 0.5) is 0 Å². The molecule has 1 N–H and O–H groups in total. The van der Waals surface area contributed by atoms with E-state index < -0.39 is 0 Å². The van der Waals surface area contributed by atoms with E-state index in [-0.39, 0.29) is 0 Å². The van der Waals surface area contributed by atoms with Gasteiger partial charge in [-0.05, 0) is 19.0 Å². The first-order valence-corrected chi connectivity index (χ1v) is 6.24. The second kappa shape index (κ2) is 7.96. The third-order valence-electron chi connectivity index (χ3n) is 2.76. The van der Waals surface area contributed by atoms with Crippen LogP contribution >= 0.6 is 0 Å². The molecule has 0 bridgehead atoms. The number of para-hydroxylation sites is 1. The minimum atomic E-state index is 0.792. The molecule has 17 heavy (non-hydrogen) atoms. The van der Waals surface area contributed by atoms with Crippen molar-refractivity contribution < 1.29 is 9.47 Å². The van der Waals surface area contributed by atoms with E-state index in [4.69, 9.17) is 9.47 Å². The van der Waals surface area contributed by atoms with Gasteiger partial charge in [-0.1, -0.05) is 31.9 Å². The summed E-state index contributed by atoms with van der Waals surface area (Å²) in [5.41, 5.74) is 1.14. The minimum absolute atomic E-state index is 0.792. The third-order valence-corrected chi connectivity index (χ3v) is 2.76. The van der Waals surface area contributed by atoms with Crippen molar-refractivity contribution in [1.29, 1.82) is 0 Å². The second-order valence-corrected chi connectivity index (χ2v) is 4.04. The van der Waals surface area contributed by atoms with Crippen molar-refractivity contribution in [2.75, 3.05) is 20.8 Å². The fourth-order valence-electron chi connectivity index (χ4n) is 1.82. The van der Waals surface area contributed by atoms with E-state index in [9.17, 15) is 0 Å². The van der Waals surface area contributed by atoms with Crippen molar-refractivity contribution in [2.45, 2.75) is 32.7 Å². The van der Waals surface area contributed by atoms with Crippen LogP contribution < -0.4 is 14.8 Å². The Balaban J connectivity index is 2.52. The maximum atomic E-state index is 5.38. The molecule has 0 aromatic heterocycles. The predicted octanol–water partition coefficient (Wildman–Crippen LogP) is 2.98. The number of unbranched alkanes of at least 4 members (excludes halogenated alkanes) is 2. The Morgan fingerprint density at radius 1 is 1.12 bits per heavy atom. The van der Waals surface area contributed by atoms with E-state index in [0.717, 1.165) is 30.2 Å². The van der Waals surface area contributed by atoms with E-state index in [2.05, 4.69) is 18.3 Å². The topological polar surface area (TPSA) is 30.5 Å². The molecule has 0 unspecified atom stereocenters. The van der Waals surface area contributed by atoms with Crippen molar-refractivity contribution in [3.63, 3.8) is 0 Å². The van der Waals surface area contributed by atoms with Gasteiger partial charge in [0, 0.05) is 12.1 Å². The highest BCUT2D eigenvalue weighted by Gasteiger charge is 2.08. The fourth-order valence-corrected chi connectivity index (χ4v) is 1.82. The lowest BCUT2D eigenvalue weighted by atomic mass is 10.1. The summed E-state index contributed by atoms with van der Waals surface area (Å²) in [6.45, 7) is 4.09. The van der Waals surface area contributed by atoms with Crippen LogP contribution in [0.3, 0.4) is 0 Å². The smallest absolute Gasteiger partial charge is 0.165 e. The molecular formula is C14H23NO2. The van der Waals surface area contributed by atoms with Crippen LogP contribution in [0.5, 0.6) is 11.5 Å². The maximum absolute atomic E-state index is 5.38. The first-order valence-electron chi connectivity index (χ1n) is 6.24. The molecule has 0 aliphatic carbocycles. The Bertz CT molecular complexity index is 326. The predicted molar refractivity (Wildman–Crippen MR) is 70.8 cm³/mol. The number of ether oxygens (including phenoxy) is 2. The van der Waals surface area contributed by atoms with Gasteiger partial charge in [0.1, 0.15) is 0 Å². The normalized spacial score (nSPS) is 10.3. The number of methoxy groups -OCH3 is 2. The van der Waals surface area contributed by atoms with Gasteiger partial charge in [-0.3, -0.25) is 0 Å². The summed E-state index contributed by atoms with van der Waals surface area (Å²) in [6.07, 6.45) is 3.76. The van der Waals surface area contributed by atoms with Crippen molar-refractivity contribution in [3.8, 4) is 11.5 Å². The first-order chi connectivity index (χ1) is 8.33. The summed E-state index contributed by atoms with van der Waals surface area (Å²) >= 11 is 0. The monoisotopic (exact) mass is 237 g/mol. The van der Waals surface area contributed by atoms with Gasteiger partial charge in [-0.25, -0.2) is 0 Å². The highest BCUT2D eigenvalue weighted by Crippen LogP contribution is 2.30. The lowest BCUT2D eigenvalue weighted by Crippen LogP contribution is -2.15. The molecule has 0 atom stereocenters. The summed E-state index contributed by atoms with van der Waals surface area (Å²) < 4.78 is 10.6. The van der Waals surface area contributed by atoms with Crippen LogP contribution in [-0.2, 0) is 6.54 Å². The number of hydrogen-bond donors (Lipinski definition) is 1. The fraction of sp³-hybridized carbons (Fsp3) is 0.571. The Kier molecular flexibility index (Phi) is 6.48. The summed E-state index contributed by atoms with van der Waals surface area (Å²) in [6, 6.07) is 5.97. The van der Waals surface area contributed by atoms with Gasteiger partial charge in [-0.15, -0.1) is 0 Å². The maximum Gasteiger partial charge on any atom is 0.165 e. The number of rotatable bonds is 8. The van der Waals surface area contributed by atoms with Gasteiger partial charge < -0.3 is 14.8 Å². The molecule has 0 aliphatic heterocycles. The third kappa shape index (κ3) is 4.27. The van der Waals surface area contributed by atoms with Gasteiger partial charge >= 0.3 is 0 Å². The molecule has 0 radical (unpaired) electrons. The van der Waals surface area contributed by atoms with E-state index >= 15 is 0 Å². The lowest BCUT2D eigenvalue weighted by Gasteiger charge is -2.13. The van der Waals surface area contributed by atoms with Crippen LogP contribution in [0.1, 0.15) is 31.7 Å². The van der Waals surface area contributed by atoms with E-state index in [1.807, 2.05) is 12.1 Å². The minimum Gasteiger partial charge on any atom is -0.493 e. The number of benzene rings is 1. The standard InChI is InChI=1S/C14H23NO2/c1-4-5-6-10-15-11-12-8-7-9-13(16-2)14(12)17-3/h7-9,15H,4-6,10-11H2,1-3H3. The Morgan fingerprint density at radius 2 is 1.94 bits per heavy atom. The summed E-state index contributed by atoms with van der Waals surface area (Å²) in [5.74, 6) is 1.62. The Morgan fingerprint density at radius 3 is 2.59 bits per heavy atom. The summed E-state index contributed by atoms with van der Waals surface area (Å²) in [7, 11) is 3.34. The molecule has 1 rings (SSSR count). The molecule has 1 aromatic carbocycles. The van der Waals surface area contributed by atoms with Gasteiger partial charge in [0.25, 0.3) is 0 Å². The molecule has 1 aromatic rings. The first kappa shape index (κ1) is 13.8. The molecule has 0 heterocycles. The van der Waals surface area contributed by atoms with Crippen LogP contribution in [0.25, 0.3) is 0 Å². The van der Waals surface area contributed by atoms with Crippen molar-refractivity contribution >= 4 is 0 Å². The quantitative estimate of drug-likeness (QED) is 0.705. The highest BCUT2D eigenvalue weighted by atomic mass is 16.5. The SMILES string of the molecule is CCCCCNCc1cccc(OC)c1OC. The number of nitrogens with one attached hydrogen (secondary N) is 1. The average molecular weight is 237 g/mol. The molecular weight excluding hydrogens is 214 g/mol. The highest BCUT2D eigenvalue weighted by molar-refractivity contribution is 5.46.